The lowest BCUT2D eigenvalue weighted by molar-refractivity contribution is 0.475. The highest BCUT2D eigenvalue weighted by atomic mass is 14.1. The van der Waals surface area contributed by atoms with Crippen LogP contribution in [0.1, 0.15) is 85.0 Å². The Kier molecular flexibility index (Phi) is 12.5. The molecule has 2 atom stereocenters. The van der Waals surface area contributed by atoms with Crippen LogP contribution < -0.4 is 0 Å². The van der Waals surface area contributed by atoms with E-state index < -0.39 is 0 Å². The molecule has 0 aromatic heterocycles. The van der Waals surface area contributed by atoms with E-state index in [0.29, 0.717) is 0 Å². The van der Waals surface area contributed by atoms with Crippen molar-refractivity contribution >= 4 is 0 Å². The predicted molar refractivity (Wildman–Crippen MR) is 79.8 cm³/mol. The highest BCUT2D eigenvalue weighted by molar-refractivity contribution is 4.66. The van der Waals surface area contributed by atoms with Gasteiger partial charge in [-0.25, -0.2) is 0 Å². The summed E-state index contributed by atoms with van der Waals surface area (Å²) in [6.45, 7) is 10.9. The van der Waals surface area contributed by atoms with Crippen LogP contribution in [0.4, 0.5) is 0 Å². The van der Waals surface area contributed by atoms with Crippen molar-refractivity contribution in [2.24, 2.45) is 11.8 Å². The Morgan fingerprint density at radius 3 is 2.18 bits per heavy atom. The maximum absolute atomic E-state index is 3.95. The minimum absolute atomic E-state index is 0.818. The quantitative estimate of drug-likeness (QED) is 0.354. The number of hydrogen-bond acceptors (Lipinski definition) is 0. The van der Waals surface area contributed by atoms with E-state index in [9.17, 15) is 0 Å². The van der Waals surface area contributed by atoms with Crippen molar-refractivity contribution in [1.82, 2.24) is 0 Å². The second-order valence-electron chi connectivity index (χ2n) is 5.76. The minimum atomic E-state index is 0.818. The summed E-state index contributed by atoms with van der Waals surface area (Å²) < 4.78 is 0. The van der Waals surface area contributed by atoms with Crippen LogP contribution in [0, 0.1) is 25.2 Å². The number of hydrogen-bond donors (Lipinski definition) is 0. The summed E-state index contributed by atoms with van der Waals surface area (Å²) in [5.74, 6) is 1.75. The van der Waals surface area contributed by atoms with Crippen molar-refractivity contribution < 1.29 is 0 Å². The maximum atomic E-state index is 3.95. The molecular weight excluding hydrogens is 204 g/mol. The van der Waals surface area contributed by atoms with E-state index >= 15 is 0 Å². The van der Waals surface area contributed by atoms with Gasteiger partial charge in [0.25, 0.3) is 0 Å². The molecule has 0 rings (SSSR count). The third kappa shape index (κ3) is 12.2. The van der Waals surface area contributed by atoms with Gasteiger partial charge in [-0.05, 0) is 18.3 Å². The van der Waals surface area contributed by atoms with Crippen molar-refractivity contribution in [2.45, 2.75) is 85.0 Å². The van der Waals surface area contributed by atoms with Gasteiger partial charge in [-0.2, -0.15) is 0 Å². The first-order valence-corrected chi connectivity index (χ1v) is 7.81. The summed E-state index contributed by atoms with van der Waals surface area (Å²) in [7, 11) is 0. The maximum Gasteiger partial charge on any atom is -0.0386 e. The van der Waals surface area contributed by atoms with Crippen LogP contribution in [0.25, 0.3) is 0 Å². The van der Waals surface area contributed by atoms with Crippen LogP contribution in [-0.2, 0) is 0 Å². The lowest BCUT2D eigenvalue weighted by atomic mass is 9.98. The van der Waals surface area contributed by atoms with Gasteiger partial charge >= 0.3 is 0 Å². The third-order valence-electron chi connectivity index (χ3n) is 3.90. The Hall–Kier alpha value is 0. The number of unbranched alkanes of at least 4 members (excludes halogenated alkanes) is 6. The molecule has 102 valence electrons. The topological polar surface area (TPSA) is 0 Å². The van der Waals surface area contributed by atoms with Crippen LogP contribution in [-0.4, -0.2) is 0 Å². The minimum Gasteiger partial charge on any atom is -0.0651 e. The van der Waals surface area contributed by atoms with Crippen molar-refractivity contribution in [2.75, 3.05) is 0 Å². The fourth-order valence-electron chi connectivity index (χ4n) is 2.06. The molecule has 0 aliphatic heterocycles. The lowest BCUT2D eigenvalue weighted by Crippen LogP contribution is -1.93. The van der Waals surface area contributed by atoms with Crippen molar-refractivity contribution in [1.29, 1.82) is 0 Å². The van der Waals surface area contributed by atoms with Gasteiger partial charge in [-0.1, -0.05) is 91.9 Å². The predicted octanol–water partition coefficient (Wildman–Crippen LogP) is 6.22. The second-order valence-corrected chi connectivity index (χ2v) is 5.76. The van der Waals surface area contributed by atoms with Gasteiger partial charge in [0.05, 0.1) is 0 Å². The van der Waals surface area contributed by atoms with E-state index in [0.717, 1.165) is 18.3 Å². The molecule has 0 heteroatoms. The Morgan fingerprint density at radius 2 is 1.53 bits per heavy atom. The monoisotopic (exact) mass is 238 g/mol. The molecule has 0 heterocycles. The van der Waals surface area contributed by atoms with Gasteiger partial charge in [0.1, 0.15) is 0 Å². The molecule has 0 saturated heterocycles. The SMILES string of the molecule is [CH2]CC(C)CCC[CH]CCCCCC(C)CC. The Balaban J connectivity index is 3.04. The van der Waals surface area contributed by atoms with Crippen LogP contribution in [0.15, 0.2) is 0 Å². The first-order chi connectivity index (χ1) is 8.20. The molecule has 0 saturated carbocycles. The van der Waals surface area contributed by atoms with Crippen LogP contribution >= 0.6 is 0 Å². The molecule has 0 amide bonds. The molecule has 2 radical (unpaired) electrons. The Bertz CT molecular complexity index is 123. The fourth-order valence-corrected chi connectivity index (χ4v) is 2.06. The number of rotatable bonds is 12. The molecule has 0 aromatic rings. The molecule has 0 N–H and O–H groups in total. The van der Waals surface area contributed by atoms with Gasteiger partial charge in [0.2, 0.25) is 0 Å². The lowest BCUT2D eigenvalue weighted by Gasteiger charge is -2.08. The zero-order valence-corrected chi connectivity index (χ0v) is 12.5. The summed E-state index contributed by atoms with van der Waals surface area (Å²) in [4.78, 5) is 0. The molecule has 0 fully saturated rings. The average molecular weight is 238 g/mol. The second kappa shape index (κ2) is 12.5. The summed E-state index contributed by atoms with van der Waals surface area (Å²) in [5.41, 5.74) is 0. The summed E-state index contributed by atoms with van der Waals surface area (Å²) in [6.07, 6.45) is 16.0. The fraction of sp³-hybridized carbons (Fsp3) is 0.882. The van der Waals surface area contributed by atoms with Crippen LogP contribution in [0.5, 0.6) is 0 Å². The van der Waals surface area contributed by atoms with E-state index in [1.54, 1.807) is 0 Å². The van der Waals surface area contributed by atoms with E-state index in [-0.39, 0.29) is 0 Å². The normalized spacial score (nSPS) is 14.8. The zero-order valence-electron chi connectivity index (χ0n) is 12.5. The van der Waals surface area contributed by atoms with Gasteiger partial charge in [0, 0.05) is 0 Å². The van der Waals surface area contributed by atoms with Crippen molar-refractivity contribution in [3.8, 4) is 0 Å². The molecule has 2 unspecified atom stereocenters. The van der Waals surface area contributed by atoms with E-state index in [4.69, 9.17) is 0 Å². The van der Waals surface area contributed by atoms with E-state index in [1.807, 2.05) is 0 Å². The van der Waals surface area contributed by atoms with Gasteiger partial charge in [0.15, 0.2) is 0 Å². The molecule has 0 spiro atoms. The first-order valence-electron chi connectivity index (χ1n) is 7.81. The highest BCUT2D eigenvalue weighted by Crippen LogP contribution is 2.16. The van der Waals surface area contributed by atoms with Crippen LogP contribution in [0.2, 0.25) is 0 Å². The largest absolute Gasteiger partial charge is 0.0651 e. The van der Waals surface area contributed by atoms with Crippen molar-refractivity contribution in [3.05, 3.63) is 13.3 Å². The Morgan fingerprint density at radius 1 is 0.882 bits per heavy atom. The van der Waals surface area contributed by atoms with E-state index in [2.05, 4.69) is 34.1 Å². The molecule has 0 aromatic carbocycles. The first kappa shape index (κ1) is 17.0. The van der Waals surface area contributed by atoms with Crippen LogP contribution in [0.3, 0.4) is 0 Å². The van der Waals surface area contributed by atoms with Gasteiger partial charge in [-0.3, -0.25) is 0 Å². The molecule has 0 nitrogen and oxygen atoms in total. The summed E-state index contributed by atoms with van der Waals surface area (Å²) in [6, 6.07) is 0. The molecule has 0 aliphatic carbocycles. The zero-order chi connectivity index (χ0) is 12.9. The molecule has 0 bridgehead atoms. The standard InChI is InChI=1S/C17H34/c1-5-16(3)14-12-10-8-7-9-11-13-15-17(4)6-2/h8,16-17H,1,5-7,9-15H2,2-4H3. The summed E-state index contributed by atoms with van der Waals surface area (Å²) >= 11 is 0. The third-order valence-corrected chi connectivity index (χ3v) is 3.90. The highest BCUT2D eigenvalue weighted by Gasteiger charge is 1.99. The average Bonchev–Trinajstić information content (AvgIpc) is 2.35. The molecular formula is C17H34. The molecule has 0 aliphatic rings. The van der Waals surface area contributed by atoms with Crippen molar-refractivity contribution in [3.63, 3.8) is 0 Å². The van der Waals surface area contributed by atoms with Gasteiger partial charge < -0.3 is 0 Å². The summed E-state index contributed by atoms with van der Waals surface area (Å²) in [5, 5.41) is 0. The molecule has 17 heavy (non-hydrogen) atoms. The van der Waals surface area contributed by atoms with Gasteiger partial charge in [-0.15, -0.1) is 0 Å². The Labute approximate surface area is 111 Å². The van der Waals surface area contributed by atoms with E-state index in [1.165, 1.54) is 57.8 Å². The smallest absolute Gasteiger partial charge is 0.0386 e.